The molecule has 1 N–H and O–H groups in total. The van der Waals surface area contributed by atoms with Crippen LogP contribution in [0.5, 0.6) is 0 Å². The molecular weight excluding hydrogens is 295 g/mol. The van der Waals surface area contributed by atoms with Crippen molar-refractivity contribution in [2.45, 2.75) is 12.5 Å². The predicted octanol–water partition coefficient (Wildman–Crippen LogP) is 2.17. The van der Waals surface area contributed by atoms with E-state index in [1.165, 1.54) is 18.2 Å². The molecule has 0 bridgehead atoms. The molecule has 2 heterocycles. The Labute approximate surface area is 133 Å². The van der Waals surface area contributed by atoms with Crippen LogP contribution in [-0.2, 0) is 0 Å². The van der Waals surface area contributed by atoms with Gasteiger partial charge in [-0.2, -0.15) is 5.26 Å². The van der Waals surface area contributed by atoms with E-state index in [-0.39, 0.29) is 17.8 Å². The summed E-state index contributed by atoms with van der Waals surface area (Å²) < 4.78 is 14.0. The van der Waals surface area contributed by atoms with Crippen LogP contribution < -0.4 is 5.32 Å². The van der Waals surface area contributed by atoms with Crippen molar-refractivity contribution in [2.24, 2.45) is 0 Å². The van der Waals surface area contributed by atoms with Gasteiger partial charge in [0, 0.05) is 42.7 Å². The number of nitrogens with zero attached hydrogens (tertiary/aromatic N) is 3. The van der Waals surface area contributed by atoms with Crippen LogP contribution in [0.3, 0.4) is 0 Å². The number of carbonyl (C=O) groups is 1. The summed E-state index contributed by atoms with van der Waals surface area (Å²) in [7, 11) is 0. The number of carbonyl (C=O) groups excluding carboxylic acids is 1. The van der Waals surface area contributed by atoms with Crippen LogP contribution in [0.1, 0.15) is 16.8 Å². The summed E-state index contributed by atoms with van der Waals surface area (Å²) >= 11 is 0. The predicted molar refractivity (Wildman–Crippen MR) is 82.7 cm³/mol. The van der Waals surface area contributed by atoms with Gasteiger partial charge >= 0.3 is 0 Å². The normalized spacial score (nSPS) is 16.9. The topological polar surface area (TPSA) is 69.0 Å². The van der Waals surface area contributed by atoms with E-state index in [9.17, 15) is 9.18 Å². The van der Waals surface area contributed by atoms with E-state index in [1.807, 2.05) is 0 Å². The van der Waals surface area contributed by atoms with Gasteiger partial charge < -0.3 is 10.2 Å². The second kappa shape index (κ2) is 6.44. The van der Waals surface area contributed by atoms with Crippen molar-refractivity contribution in [3.8, 4) is 17.3 Å². The standard InChI is InChI=1S/C17H15FN4O/c18-16-2-1-13(9-15(16)12-3-6-20-7-4-12)17(23)21-14-5-8-22(10-14)11-19/h1-4,6-7,9,14H,5,8,10H2,(H,21,23). The summed E-state index contributed by atoms with van der Waals surface area (Å²) in [6, 6.07) is 7.63. The average molecular weight is 310 g/mol. The lowest BCUT2D eigenvalue weighted by atomic mass is 10.0. The number of aromatic nitrogens is 1. The number of hydrogen-bond donors (Lipinski definition) is 1. The monoisotopic (exact) mass is 310 g/mol. The lowest BCUT2D eigenvalue weighted by molar-refractivity contribution is 0.0939. The molecule has 0 spiro atoms. The molecule has 1 fully saturated rings. The van der Waals surface area contributed by atoms with Crippen LogP contribution >= 0.6 is 0 Å². The number of nitriles is 1. The van der Waals surface area contributed by atoms with Crippen LogP contribution in [0.25, 0.3) is 11.1 Å². The highest BCUT2D eigenvalue weighted by atomic mass is 19.1. The SMILES string of the molecule is N#CN1CCC(NC(=O)c2ccc(F)c(-c3ccncc3)c2)C1. The van der Waals surface area contributed by atoms with Gasteiger partial charge in [0.05, 0.1) is 0 Å². The van der Waals surface area contributed by atoms with Gasteiger partial charge in [-0.25, -0.2) is 4.39 Å². The molecule has 6 heteroatoms. The highest BCUT2D eigenvalue weighted by Crippen LogP contribution is 2.23. The third-order valence-corrected chi connectivity index (χ3v) is 3.88. The quantitative estimate of drug-likeness (QED) is 0.882. The third-order valence-electron chi connectivity index (χ3n) is 3.88. The van der Waals surface area contributed by atoms with Gasteiger partial charge in [0.2, 0.25) is 0 Å². The first-order valence-electron chi connectivity index (χ1n) is 7.33. The molecule has 3 rings (SSSR count). The second-order valence-corrected chi connectivity index (χ2v) is 5.44. The van der Waals surface area contributed by atoms with Gasteiger partial charge in [0.1, 0.15) is 5.82 Å². The molecule has 1 aromatic heterocycles. The summed E-state index contributed by atoms with van der Waals surface area (Å²) in [6.07, 6.45) is 5.97. The van der Waals surface area contributed by atoms with Gasteiger partial charge in [-0.15, -0.1) is 0 Å². The van der Waals surface area contributed by atoms with Gasteiger partial charge in [-0.3, -0.25) is 9.78 Å². The fraction of sp³-hybridized carbons (Fsp3) is 0.235. The second-order valence-electron chi connectivity index (χ2n) is 5.44. The van der Waals surface area contributed by atoms with Crippen LogP contribution in [0.2, 0.25) is 0 Å². The van der Waals surface area contributed by atoms with Crippen LogP contribution in [0.15, 0.2) is 42.7 Å². The molecule has 1 aliphatic heterocycles. The van der Waals surface area contributed by atoms with Gasteiger partial charge in [-0.05, 0) is 42.3 Å². The van der Waals surface area contributed by atoms with Crippen molar-refractivity contribution >= 4 is 5.91 Å². The average Bonchev–Trinajstić information content (AvgIpc) is 3.03. The first-order valence-corrected chi connectivity index (χ1v) is 7.33. The summed E-state index contributed by atoms with van der Waals surface area (Å²) in [4.78, 5) is 17.9. The molecule has 0 saturated carbocycles. The van der Waals surface area contributed by atoms with E-state index < -0.39 is 0 Å². The van der Waals surface area contributed by atoms with Crippen molar-refractivity contribution in [3.05, 3.63) is 54.1 Å². The highest BCUT2D eigenvalue weighted by Gasteiger charge is 2.23. The maximum Gasteiger partial charge on any atom is 0.251 e. The Morgan fingerprint density at radius 3 is 2.83 bits per heavy atom. The molecule has 2 aromatic rings. The van der Waals surface area contributed by atoms with Crippen molar-refractivity contribution < 1.29 is 9.18 Å². The Hall–Kier alpha value is -2.94. The van der Waals surface area contributed by atoms with Crippen molar-refractivity contribution in [1.82, 2.24) is 15.2 Å². The minimum Gasteiger partial charge on any atom is -0.347 e. The summed E-state index contributed by atoms with van der Waals surface area (Å²) in [6.45, 7) is 1.16. The zero-order valence-corrected chi connectivity index (χ0v) is 12.4. The van der Waals surface area contributed by atoms with Crippen molar-refractivity contribution in [3.63, 3.8) is 0 Å². The molecule has 116 valence electrons. The molecule has 0 aliphatic carbocycles. The molecule has 1 saturated heterocycles. The fourth-order valence-electron chi connectivity index (χ4n) is 2.66. The molecule has 0 radical (unpaired) electrons. The zero-order valence-electron chi connectivity index (χ0n) is 12.4. The van der Waals surface area contributed by atoms with Crippen molar-refractivity contribution in [1.29, 1.82) is 5.26 Å². The van der Waals surface area contributed by atoms with Crippen molar-refractivity contribution in [2.75, 3.05) is 13.1 Å². The first kappa shape index (κ1) is 15.0. The molecular formula is C17H15FN4O. The minimum atomic E-state index is -0.385. The fourth-order valence-corrected chi connectivity index (χ4v) is 2.66. The smallest absolute Gasteiger partial charge is 0.251 e. The Kier molecular flexibility index (Phi) is 4.20. The lowest BCUT2D eigenvalue weighted by Gasteiger charge is -2.13. The Bertz CT molecular complexity index is 757. The van der Waals surface area contributed by atoms with E-state index in [2.05, 4.69) is 16.5 Å². The maximum absolute atomic E-state index is 14.0. The zero-order chi connectivity index (χ0) is 16.2. The number of rotatable bonds is 3. The molecule has 1 aliphatic rings. The Morgan fingerprint density at radius 1 is 1.35 bits per heavy atom. The van der Waals surface area contributed by atoms with Gasteiger partial charge in [0.15, 0.2) is 6.19 Å². The van der Waals surface area contributed by atoms with Crippen LogP contribution in [0, 0.1) is 17.3 Å². The van der Waals surface area contributed by atoms with E-state index >= 15 is 0 Å². The number of nitrogens with one attached hydrogen (secondary N) is 1. The van der Waals surface area contributed by atoms with Gasteiger partial charge in [0.25, 0.3) is 5.91 Å². The minimum absolute atomic E-state index is 0.0587. The molecule has 1 unspecified atom stereocenters. The number of amides is 1. The third kappa shape index (κ3) is 3.29. The molecule has 1 atom stereocenters. The largest absolute Gasteiger partial charge is 0.347 e. The van der Waals surface area contributed by atoms with Crippen LogP contribution in [-0.4, -0.2) is 34.9 Å². The summed E-state index contributed by atoms with van der Waals surface area (Å²) in [5.41, 5.74) is 1.43. The molecule has 23 heavy (non-hydrogen) atoms. The number of likely N-dealkylation sites (tertiary alicyclic amines) is 1. The summed E-state index contributed by atoms with van der Waals surface area (Å²) in [5, 5.41) is 11.7. The first-order chi connectivity index (χ1) is 11.2. The Morgan fingerprint density at radius 2 is 2.13 bits per heavy atom. The number of pyridine rings is 1. The number of benzene rings is 1. The molecule has 1 amide bonds. The van der Waals surface area contributed by atoms with E-state index in [4.69, 9.17) is 5.26 Å². The van der Waals surface area contributed by atoms with E-state index in [0.29, 0.717) is 29.8 Å². The van der Waals surface area contributed by atoms with E-state index in [1.54, 1.807) is 29.4 Å². The number of halogens is 1. The maximum atomic E-state index is 14.0. The number of hydrogen-bond acceptors (Lipinski definition) is 4. The van der Waals surface area contributed by atoms with Crippen LogP contribution in [0.4, 0.5) is 4.39 Å². The summed E-state index contributed by atoms with van der Waals surface area (Å²) in [5.74, 6) is -0.644. The molecule has 5 nitrogen and oxygen atoms in total. The van der Waals surface area contributed by atoms with Gasteiger partial charge in [-0.1, -0.05) is 0 Å². The lowest BCUT2D eigenvalue weighted by Crippen LogP contribution is -2.36. The van der Waals surface area contributed by atoms with E-state index in [0.717, 1.165) is 6.42 Å². The molecule has 1 aromatic carbocycles. The Balaban J connectivity index is 1.78. The highest BCUT2D eigenvalue weighted by molar-refractivity contribution is 5.95.